The Bertz CT molecular complexity index is 752. The summed E-state index contributed by atoms with van der Waals surface area (Å²) in [5.74, 6) is -1.32. The largest absolute Gasteiger partial charge is 0.465 e. The van der Waals surface area contributed by atoms with Crippen molar-refractivity contribution >= 4 is 29.5 Å². The van der Waals surface area contributed by atoms with Crippen LogP contribution in [0.4, 0.5) is 10.5 Å². The van der Waals surface area contributed by atoms with Gasteiger partial charge in [-0.25, -0.2) is 9.59 Å². The van der Waals surface area contributed by atoms with Gasteiger partial charge in [0.05, 0.1) is 12.7 Å². The van der Waals surface area contributed by atoms with Crippen LogP contribution in [-0.4, -0.2) is 59.9 Å². The van der Waals surface area contributed by atoms with Gasteiger partial charge in [-0.2, -0.15) is 0 Å². The Balaban J connectivity index is 1.70. The molecule has 0 radical (unpaired) electrons. The highest BCUT2D eigenvalue weighted by Crippen LogP contribution is 2.26. The second-order valence-electron chi connectivity index (χ2n) is 6.48. The molecule has 3 rings (SSSR count). The fourth-order valence-electron chi connectivity index (χ4n) is 3.33. The van der Waals surface area contributed by atoms with Crippen molar-refractivity contribution < 1.29 is 23.9 Å². The van der Waals surface area contributed by atoms with Crippen LogP contribution in [-0.2, 0) is 14.3 Å². The molecule has 0 saturated carbocycles. The highest BCUT2D eigenvalue weighted by atomic mass is 16.5. The molecule has 0 aromatic heterocycles. The number of carbonyl (C=O) groups is 4. The van der Waals surface area contributed by atoms with Gasteiger partial charge >= 0.3 is 12.0 Å². The molecule has 0 unspecified atom stereocenters. The summed E-state index contributed by atoms with van der Waals surface area (Å²) < 4.78 is 4.67. The summed E-state index contributed by atoms with van der Waals surface area (Å²) in [7, 11) is 1.28. The summed E-state index contributed by atoms with van der Waals surface area (Å²) >= 11 is 0. The van der Waals surface area contributed by atoms with Gasteiger partial charge in [0.25, 0.3) is 5.91 Å². The van der Waals surface area contributed by atoms with Crippen molar-refractivity contribution in [3.63, 3.8) is 0 Å². The van der Waals surface area contributed by atoms with Crippen LogP contribution in [0.1, 0.15) is 35.2 Å². The predicted octanol–water partition coefficient (Wildman–Crippen LogP) is 1.54. The molecule has 1 atom stereocenters. The molecule has 8 nitrogen and oxygen atoms in total. The molecule has 2 heterocycles. The molecule has 2 aliphatic rings. The first-order valence-corrected chi connectivity index (χ1v) is 8.53. The fraction of sp³-hybridized carbons (Fsp3) is 0.444. The lowest BCUT2D eigenvalue weighted by atomic mass is 10.0. The van der Waals surface area contributed by atoms with E-state index in [0.717, 1.165) is 23.3 Å². The summed E-state index contributed by atoms with van der Waals surface area (Å²) in [6.45, 7) is 1.99. The number of imide groups is 1. The molecule has 1 N–H and O–H groups in total. The van der Waals surface area contributed by atoms with Gasteiger partial charge in [-0.15, -0.1) is 0 Å². The zero-order valence-corrected chi connectivity index (χ0v) is 14.8. The van der Waals surface area contributed by atoms with E-state index >= 15 is 0 Å². The number of benzene rings is 1. The zero-order chi connectivity index (χ0) is 18.8. The molecular formula is C18H21N3O5. The van der Waals surface area contributed by atoms with Gasteiger partial charge in [0.15, 0.2) is 0 Å². The molecule has 0 spiro atoms. The summed E-state index contributed by atoms with van der Waals surface area (Å²) in [5, 5.41) is 2.67. The number of nitrogens with one attached hydrogen (secondary N) is 1. The number of hydrogen-bond donors (Lipinski definition) is 1. The molecule has 1 aromatic carbocycles. The lowest BCUT2D eigenvalue weighted by molar-refractivity contribution is -0.131. The normalized spacial score (nSPS) is 19.4. The summed E-state index contributed by atoms with van der Waals surface area (Å²) in [4.78, 5) is 51.3. The summed E-state index contributed by atoms with van der Waals surface area (Å²) in [6.07, 6.45) is 2.41. The smallest absolute Gasteiger partial charge is 0.337 e. The van der Waals surface area contributed by atoms with E-state index < -0.39 is 23.9 Å². The van der Waals surface area contributed by atoms with Crippen molar-refractivity contribution in [2.75, 3.05) is 25.5 Å². The van der Waals surface area contributed by atoms with Crippen molar-refractivity contribution in [1.82, 2.24) is 9.80 Å². The molecule has 0 bridgehead atoms. The van der Waals surface area contributed by atoms with E-state index in [1.165, 1.54) is 13.2 Å². The Morgan fingerprint density at radius 2 is 2.04 bits per heavy atom. The van der Waals surface area contributed by atoms with Crippen molar-refractivity contribution in [3.8, 4) is 0 Å². The topological polar surface area (TPSA) is 96.0 Å². The number of carbonyl (C=O) groups excluding carboxylic acids is 4. The highest BCUT2D eigenvalue weighted by molar-refractivity contribution is 6.08. The standard InChI is InChI=1S/C18H21N3O5/c1-11-6-7-12(17(24)26-2)9-13(11)19-15(22)10-21-16(23)14-5-3-4-8-20(14)18(21)25/h6-7,9,14H,3-5,8,10H2,1-2H3,(H,19,22)/t14-/m0/s1. The monoisotopic (exact) mass is 359 g/mol. The van der Waals surface area contributed by atoms with Crippen molar-refractivity contribution in [1.29, 1.82) is 0 Å². The molecule has 0 aliphatic carbocycles. The number of ether oxygens (including phenoxy) is 1. The van der Waals surface area contributed by atoms with Crippen LogP contribution in [0.2, 0.25) is 0 Å². The number of anilines is 1. The minimum Gasteiger partial charge on any atom is -0.465 e. The van der Waals surface area contributed by atoms with Crippen LogP contribution >= 0.6 is 0 Å². The SMILES string of the molecule is COC(=O)c1ccc(C)c(NC(=O)CN2C(=O)[C@@H]3CCCCN3C2=O)c1. The van der Waals surface area contributed by atoms with Gasteiger partial charge in [-0.1, -0.05) is 6.07 Å². The molecule has 1 aromatic rings. The third kappa shape index (κ3) is 3.26. The zero-order valence-electron chi connectivity index (χ0n) is 14.8. The van der Waals surface area contributed by atoms with Gasteiger partial charge in [0.1, 0.15) is 12.6 Å². The minimum absolute atomic E-state index is 0.304. The third-order valence-electron chi connectivity index (χ3n) is 4.76. The molecule has 8 heteroatoms. The summed E-state index contributed by atoms with van der Waals surface area (Å²) in [5.41, 5.74) is 1.50. The van der Waals surface area contributed by atoms with E-state index in [2.05, 4.69) is 10.1 Å². The number of piperidine rings is 1. The first kappa shape index (κ1) is 17.9. The molecule has 2 aliphatic heterocycles. The lowest BCUT2D eigenvalue weighted by Gasteiger charge is -2.26. The maximum Gasteiger partial charge on any atom is 0.337 e. The highest BCUT2D eigenvalue weighted by Gasteiger charge is 2.46. The quantitative estimate of drug-likeness (QED) is 0.650. The maximum atomic E-state index is 12.4. The minimum atomic E-state index is -0.512. The van der Waals surface area contributed by atoms with E-state index in [0.29, 0.717) is 24.2 Å². The molecular weight excluding hydrogens is 338 g/mol. The second kappa shape index (κ2) is 7.15. The van der Waals surface area contributed by atoms with Gasteiger partial charge in [-0.3, -0.25) is 14.5 Å². The van der Waals surface area contributed by atoms with E-state index in [-0.39, 0.29) is 12.5 Å². The Labute approximate surface area is 151 Å². The van der Waals surface area contributed by atoms with Gasteiger partial charge in [-0.05, 0) is 43.9 Å². The fourth-order valence-corrected chi connectivity index (χ4v) is 3.33. The lowest BCUT2D eigenvalue weighted by Crippen LogP contribution is -2.39. The molecule has 138 valence electrons. The third-order valence-corrected chi connectivity index (χ3v) is 4.76. The number of amides is 4. The van der Waals surface area contributed by atoms with Crippen molar-refractivity contribution in [3.05, 3.63) is 29.3 Å². The number of hydrogen-bond acceptors (Lipinski definition) is 5. The Morgan fingerprint density at radius 3 is 2.73 bits per heavy atom. The van der Waals surface area contributed by atoms with Crippen molar-refractivity contribution in [2.45, 2.75) is 32.2 Å². The predicted molar refractivity (Wildman–Crippen MR) is 92.6 cm³/mol. The number of methoxy groups -OCH3 is 1. The van der Waals surface area contributed by atoms with Crippen LogP contribution in [0.15, 0.2) is 18.2 Å². The van der Waals surface area contributed by atoms with E-state index in [4.69, 9.17) is 0 Å². The maximum absolute atomic E-state index is 12.4. The average Bonchev–Trinajstić information content (AvgIpc) is 2.88. The van der Waals surface area contributed by atoms with Gasteiger partial charge < -0.3 is 15.0 Å². The van der Waals surface area contributed by atoms with Crippen LogP contribution in [0, 0.1) is 6.92 Å². The number of esters is 1. The molecule has 4 amide bonds. The first-order valence-electron chi connectivity index (χ1n) is 8.53. The average molecular weight is 359 g/mol. The first-order chi connectivity index (χ1) is 12.4. The van der Waals surface area contributed by atoms with Crippen molar-refractivity contribution in [2.24, 2.45) is 0 Å². The number of aryl methyl sites for hydroxylation is 1. The molecule has 26 heavy (non-hydrogen) atoms. The van der Waals surface area contributed by atoms with Crippen LogP contribution in [0.25, 0.3) is 0 Å². The molecule has 2 saturated heterocycles. The Hall–Kier alpha value is -2.90. The number of urea groups is 1. The number of rotatable bonds is 4. The Morgan fingerprint density at radius 1 is 1.27 bits per heavy atom. The van der Waals surface area contributed by atoms with Crippen LogP contribution < -0.4 is 5.32 Å². The Kier molecular flexibility index (Phi) is 4.92. The molecule has 2 fully saturated rings. The van der Waals surface area contributed by atoms with Gasteiger partial charge in [0, 0.05) is 12.2 Å². The van der Waals surface area contributed by atoms with E-state index in [1.807, 2.05) is 0 Å². The second-order valence-corrected chi connectivity index (χ2v) is 6.48. The van der Waals surface area contributed by atoms with Crippen LogP contribution in [0.5, 0.6) is 0 Å². The van der Waals surface area contributed by atoms with Crippen LogP contribution in [0.3, 0.4) is 0 Å². The summed E-state index contributed by atoms with van der Waals surface area (Å²) in [6, 6.07) is 3.95. The van der Waals surface area contributed by atoms with E-state index in [1.54, 1.807) is 24.0 Å². The van der Waals surface area contributed by atoms with E-state index in [9.17, 15) is 19.2 Å². The van der Waals surface area contributed by atoms with Gasteiger partial charge in [0.2, 0.25) is 5.91 Å². The number of fused-ring (bicyclic) bond motifs is 1. The number of nitrogens with zero attached hydrogens (tertiary/aromatic N) is 2.